The second kappa shape index (κ2) is 8.97. The Balaban J connectivity index is 2.23. The summed E-state index contributed by atoms with van der Waals surface area (Å²) in [4.78, 5) is 2.58. The van der Waals surface area contributed by atoms with E-state index in [9.17, 15) is 0 Å². The summed E-state index contributed by atoms with van der Waals surface area (Å²) in [6, 6.07) is 0. The van der Waals surface area contributed by atoms with Crippen molar-refractivity contribution in [1.82, 2.24) is 4.90 Å². The number of nitrogens with zero attached hydrogens (tertiary/aromatic N) is 1. The van der Waals surface area contributed by atoms with E-state index in [2.05, 4.69) is 4.90 Å². The van der Waals surface area contributed by atoms with Crippen LogP contribution in [-0.4, -0.2) is 37.6 Å². The molecule has 1 fully saturated rings. The Hall–Kier alpha value is -0.120. The average Bonchev–Trinajstić information content (AvgIpc) is 2.34. The van der Waals surface area contributed by atoms with Gasteiger partial charge in [-0.2, -0.15) is 0 Å². The molecule has 0 spiro atoms. The summed E-state index contributed by atoms with van der Waals surface area (Å²) in [7, 11) is 0. The summed E-state index contributed by atoms with van der Waals surface area (Å²) in [6.07, 6.45) is 9.43. The van der Waals surface area contributed by atoms with Crippen LogP contribution in [-0.2, 0) is 0 Å². The van der Waals surface area contributed by atoms with Gasteiger partial charge in [0, 0.05) is 6.54 Å². The Bertz CT molecular complexity index is 147. The summed E-state index contributed by atoms with van der Waals surface area (Å²) in [5, 5.41) is 0. The van der Waals surface area contributed by atoms with Crippen molar-refractivity contribution < 1.29 is 0 Å². The van der Waals surface area contributed by atoms with Crippen LogP contribution in [0.4, 0.5) is 0 Å². The highest BCUT2D eigenvalue weighted by Gasteiger charge is 2.16. The first-order chi connectivity index (χ1) is 7.86. The Morgan fingerprint density at radius 1 is 0.875 bits per heavy atom. The molecular formula is C13H29N3. The highest BCUT2D eigenvalue weighted by Crippen LogP contribution is 2.24. The lowest BCUT2D eigenvalue weighted by molar-refractivity contribution is 0.198. The van der Waals surface area contributed by atoms with Crippen LogP contribution in [0.2, 0.25) is 0 Å². The minimum Gasteiger partial charge on any atom is -0.330 e. The van der Waals surface area contributed by atoms with Crippen molar-refractivity contribution in [3.8, 4) is 0 Å². The molecule has 1 saturated carbocycles. The Kier molecular flexibility index (Phi) is 7.81. The highest BCUT2D eigenvalue weighted by molar-refractivity contribution is 4.71. The van der Waals surface area contributed by atoms with Gasteiger partial charge < -0.3 is 16.4 Å². The third-order valence-corrected chi connectivity index (χ3v) is 3.60. The topological polar surface area (TPSA) is 55.3 Å². The molecule has 96 valence electrons. The largest absolute Gasteiger partial charge is 0.330 e. The molecular weight excluding hydrogens is 198 g/mol. The van der Waals surface area contributed by atoms with Crippen LogP contribution < -0.4 is 11.5 Å². The summed E-state index contributed by atoms with van der Waals surface area (Å²) < 4.78 is 0. The molecule has 4 N–H and O–H groups in total. The first-order valence-electron chi connectivity index (χ1n) is 6.99. The SMILES string of the molecule is NCCCN(CCCN)CC1CCCCC1. The van der Waals surface area contributed by atoms with Crippen LogP contribution in [0.15, 0.2) is 0 Å². The molecule has 0 bridgehead atoms. The number of hydrogen-bond acceptors (Lipinski definition) is 3. The van der Waals surface area contributed by atoms with Gasteiger partial charge in [-0.15, -0.1) is 0 Å². The fourth-order valence-corrected chi connectivity index (χ4v) is 2.66. The molecule has 0 aromatic carbocycles. The van der Waals surface area contributed by atoms with Crippen LogP contribution in [0.5, 0.6) is 0 Å². The van der Waals surface area contributed by atoms with E-state index in [1.165, 1.54) is 38.6 Å². The molecule has 16 heavy (non-hydrogen) atoms. The van der Waals surface area contributed by atoms with Gasteiger partial charge in [-0.3, -0.25) is 0 Å². The standard InChI is InChI=1S/C13H29N3/c14-8-4-10-16(11-5-9-15)12-13-6-2-1-3-7-13/h13H,1-12,14-15H2. The monoisotopic (exact) mass is 227 g/mol. The van der Waals surface area contributed by atoms with Crippen LogP contribution in [0, 0.1) is 5.92 Å². The van der Waals surface area contributed by atoms with Crippen LogP contribution >= 0.6 is 0 Å². The lowest BCUT2D eigenvalue weighted by atomic mass is 9.89. The molecule has 3 heteroatoms. The predicted molar refractivity (Wildman–Crippen MR) is 70.4 cm³/mol. The maximum absolute atomic E-state index is 5.59. The van der Waals surface area contributed by atoms with Gasteiger partial charge in [0.2, 0.25) is 0 Å². The van der Waals surface area contributed by atoms with Crippen LogP contribution in [0.25, 0.3) is 0 Å². The molecule has 0 heterocycles. The maximum Gasteiger partial charge on any atom is 0.000967 e. The number of rotatable bonds is 8. The van der Waals surface area contributed by atoms with E-state index >= 15 is 0 Å². The van der Waals surface area contributed by atoms with Crippen LogP contribution in [0.3, 0.4) is 0 Å². The van der Waals surface area contributed by atoms with E-state index in [1.54, 1.807) is 0 Å². The lowest BCUT2D eigenvalue weighted by Gasteiger charge is -2.29. The molecule has 1 aliphatic rings. The quantitative estimate of drug-likeness (QED) is 0.662. The summed E-state index contributed by atoms with van der Waals surface area (Å²) >= 11 is 0. The minimum absolute atomic E-state index is 0.809. The van der Waals surface area contributed by atoms with Gasteiger partial charge in [0.15, 0.2) is 0 Å². The molecule has 1 rings (SSSR count). The van der Waals surface area contributed by atoms with E-state index in [-0.39, 0.29) is 0 Å². The third-order valence-electron chi connectivity index (χ3n) is 3.60. The molecule has 3 nitrogen and oxygen atoms in total. The fraction of sp³-hybridized carbons (Fsp3) is 1.00. The Morgan fingerprint density at radius 3 is 1.94 bits per heavy atom. The summed E-state index contributed by atoms with van der Waals surface area (Å²) in [6.45, 7) is 5.22. The smallest absolute Gasteiger partial charge is 0.000967 e. The minimum atomic E-state index is 0.809. The van der Waals surface area contributed by atoms with Gasteiger partial charge in [0.1, 0.15) is 0 Å². The first-order valence-corrected chi connectivity index (χ1v) is 6.99. The van der Waals surface area contributed by atoms with Gasteiger partial charge >= 0.3 is 0 Å². The van der Waals surface area contributed by atoms with E-state index in [4.69, 9.17) is 11.5 Å². The summed E-state index contributed by atoms with van der Waals surface area (Å²) in [5.74, 6) is 0.935. The molecule has 1 aliphatic carbocycles. The normalized spacial score (nSPS) is 18.2. The van der Waals surface area contributed by atoms with Crippen molar-refractivity contribution in [2.45, 2.75) is 44.9 Å². The summed E-state index contributed by atoms with van der Waals surface area (Å²) in [5.41, 5.74) is 11.2. The zero-order chi connectivity index (χ0) is 11.6. The zero-order valence-electron chi connectivity index (χ0n) is 10.7. The fourth-order valence-electron chi connectivity index (χ4n) is 2.66. The van der Waals surface area contributed by atoms with Crippen molar-refractivity contribution in [3.05, 3.63) is 0 Å². The predicted octanol–water partition coefficient (Wildman–Crippen LogP) is 1.57. The second-order valence-electron chi connectivity index (χ2n) is 5.09. The van der Waals surface area contributed by atoms with Gasteiger partial charge in [-0.1, -0.05) is 19.3 Å². The van der Waals surface area contributed by atoms with Gasteiger partial charge in [0.25, 0.3) is 0 Å². The molecule has 0 amide bonds. The van der Waals surface area contributed by atoms with Crippen molar-refractivity contribution in [2.24, 2.45) is 17.4 Å². The highest BCUT2D eigenvalue weighted by atomic mass is 15.1. The average molecular weight is 227 g/mol. The Labute approximate surface area is 101 Å². The van der Waals surface area contributed by atoms with Gasteiger partial charge in [-0.05, 0) is 57.8 Å². The Morgan fingerprint density at radius 2 is 1.44 bits per heavy atom. The van der Waals surface area contributed by atoms with E-state index < -0.39 is 0 Å². The molecule has 0 atom stereocenters. The maximum atomic E-state index is 5.59. The van der Waals surface area contributed by atoms with E-state index in [0.29, 0.717) is 0 Å². The molecule has 0 aromatic rings. The zero-order valence-corrected chi connectivity index (χ0v) is 10.7. The van der Waals surface area contributed by atoms with Gasteiger partial charge in [0.05, 0.1) is 0 Å². The van der Waals surface area contributed by atoms with Crippen molar-refractivity contribution in [3.63, 3.8) is 0 Å². The first kappa shape index (κ1) is 13.9. The van der Waals surface area contributed by atoms with Crippen LogP contribution in [0.1, 0.15) is 44.9 Å². The second-order valence-corrected chi connectivity index (χ2v) is 5.09. The van der Waals surface area contributed by atoms with E-state index in [0.717, 1.165) is 44.9 Å². The molecule has 0 saturated heterocycles. The van der Waals surface area contributed by atoms with Gasteiger partial charge in [-0.25, -0.2) is 0 Å². The van der Waals surface area contributed by atoms with Crippen molar-refractivity contribution in [2.75, 3.05) is 32.7 Å². The molecule has 0 aromatic heterocycles. The molecule has 0 unspecified atom stereocenters. The molecule has 0 radical (unpaired) electrons. The molecule has 0 aliphatic heterocycles. The third kappa shape index (κ3) is 5.83. The van der Waals surface area contributed by atoms with Crippen molar-refractivity contribution in [1.29, 1.82) is 0 Å². The number of hydrogen-bond donors (Lipinski definition) is 2. The lowest BCUT2D eigenvalue weighted by Crippen LogP contribution is -2.34. The van der Waals surface area contributed by atoms with E-state index in [1.807, 2.05) is 0 Å². The van der Waals surface area contributed by atoms with Crippen molar-refractivity contribution >= 4 is 0 Å². The number of nitrogens with two attached hydrogens (primary N) is 2.